The normalized spacial score (nSPS) is 14.1. The quantitative estimate of drug-likeness (QED) is 0.613. The lowest BCUT2D eigenvalue weighted by Crippen LogP contribution is -2.19. The highest BCUT2D eigenvalue weighted by Gasteiger charge is 2.33. The lowest BCUT2D eigenvalue weighted by atomic mass is 10.1. The van der Waals surface area contributed by atoms with E-state index < -0.39 is 9.84 Å². The van der Waals surface area contributed by atoms with Crippen molar-refractivity contribution in [3.05, 3.63) is 64.3 Å². The van der Waals surface area contributed by atoms with E-state index in [4.69, 9.17) is 9.47 Å². The van der Waals surface area contributed by atoms with E-state index in [0.717, 1.165) is 22.4 Å². The first-order chi connectivity index (χ1) is 15.2. The Kier molecular flexibility index (Phi) is 5.68. The van der Waals surface area contributed by atoms with Crippen LogP contribution in [0.2, 0.25) is 0 Å². The van der Waals surface area contributed by atoms with E-state index in [1.807, 2.05) is 32.0 Å². The van der Waals surface area contributed by atoms with E-state index in [1.54, 1.807) is 30.0 Å². The lowest BCUT2D eigenvalue weighted by molar-refractivity contribution is -0.115. The summed E-state index contributed by atoms with van der Waals surface area (Å²) in [6.07, 6.45) is 0.0832. The Bertz CT molecular complexity index is 1310. The van der Waals surface area contributed by atoms with Crippen LogP contribution >= 0.6 is 0 Å². The van der Waals surface area contributed by atoms with Gasteiger partial charge in [0.2, 0.25) is 5.91 Å². The van der Waals surface area contributed by atoms with Crippen LogP contribution in [0.4, 0.5) is 5.82 Å². The number of ether oxygens (including phenoxy) is 2. The summed E-state index contributed by atoms with van der Waals surface area (Å²) in [5, 5.41) is 7.47. The number of fused-ring (bicyclic) bond motifs is 1. The molecule has 0 atom stereocenters. The molecule has 1 aliphatic rings. The average Bonchev–Trinajstić information content (AvgIpc) is 3.22. The average molecular weight is 456 g/mol. The molecule has 1 amide bonds. The number of benzene rings is 2. The van der Waals surface area contributed by atoms with Crippen LogP contribution in [0.3, 0.4) is 0 Å². The number of sulfone groups is 1. The maximum absolute atomic E-state index is 13.0. The number of aromatic nitrogens is 2. The molecule has 32 heavy (non-hydrogen) atoms. The molecular formula is C23H25N3O5S. The highest BCUT2D eigenvalue weighted by molar-refractivity contribution is 7.90. The van der Waals surface area contributed by atoms with Crippen molar-refractivity contribution in [1.82, 2.24) is 9.78 Å². The number of nitrogens with zero attached hydrogens (tertiary/aromatic N) is 2. The first-order valence-corrected chi connectivity index (χ1v) is 11.9. The largest absolute Gasteiger partial charge is 0.493 e. The van der Waals surface area contributed by atoms with Gasteiger partial charge in [-0.1, -0.05) is 18.2 Å². The minimum absolute atomic E-state index is 0.0832. The fraction of sp³-hybridized carbons (Fsp3) is 0.304. The predicted octanol–water partition coefficient (Wildman–Crippen LogP) is 3.12. The molecule has 168 valence electrons. The SMILES string of the molecule is COc1ccc(CC(=O)Nc2c3c(nn2-c2cccc(C)c2C)CS(=O)(=O)C3)cc1OC. The third-order valence-electron chi connectivity index (χ3n) is 5.66. The van der Waals surface area contributed by atoms with Gasteiger partial charge < -0.3 is 14.8 Å². The maximum atomic E-state index is 13.0. The minimum Gasteiger partial charge on any atom is -0.493 e. The fourth-order valence-electron chi connectivity index (χ4n) is 3.86. The number of nitrogens with one attached hydrogen (secondary N) is 1. The molecule has 0 unspecified atom stereocenters. The lowest BCUT2D eigenvalue weighted by Gasteiger charge is -2.14. The highest BCUT2D eigenvalue weighted by atomic mass is 32.2. The summed E-state index contributed by atoms with van der Waals surface area (Å²) in [6.45, 7) is 3.97. The van der Waals surface area contributed by atoms with Crippen LogP contribution in [0, 0.1) is 13.8 Å². The molecule has 0 aliphatic carbocycles. The molecule has 3 aromatic rings. The molecule has 0 fully saturated rings. The van der Waals surface area contributed by atoms with Gasteiger partial charge in [-0.15, -0.1) is 0 Å². The zero-order valence-corrected chi connectivity index (χ0v) is 19.2. The summed E-state index contributed by atoms with van der Waals surface area (Å²) in [5.41, 5.74) is 4.65. The number of hydrogen-bond acceptors (Lipinski definition) is 6. The molecule has 2 aromatic carbocycles. The first-order valence-electron chi connectivity index (χ1n) is 10.1. The number of carbonyl (C=O) groups excluding carboxylic acids is 1. The number of anilines is 1. The van der Waals surface area contributed by atoms with E-state index in [-0.39, 0.29) is 23.8 Å². The second kappa shape index (κ2) is 8.31. The summed E-state index contributed by atoms with van der Waals surface area (Å²) >= 11 is 0. The first kappa shape index (κ1) is 21.9. The van der Waals surface area contributed by atoms with Crippen molar-refractivity contribution in [2.24, 2.45) is 0 Å². The van der Waals surface area contributed by atoms with Crippen molar-refractivity contribution >= 4 is 21.6 Å². The molecule has 9 heteroatoms. The van der Waals surface area contributed by atoms with Crippen LogP contribution in [-0.4, -0.2) is 38.3 Å². The molecular weight excluding hydrogens is 430 g/mol. The van der Waals surface area contributed by atoms with Gasteiger partial charge in [0.05, 0.1) is 43.5 Å². The summed E-state index contributed by atoms with van der Waals surface area (Å²) in [7, 11) is -0.186. The van der Waals surface area contributed by atoms with Crippen molar-refractivity contribution in [3.8, 4) is 17.2 Å². The van der Waals surface area contributed by atoms with Gasteiger partial charge in [-0.05, 0) is 48.7 Å². The molecule has 0 spiro atoms. The van der Waals surface area contributed by atoms with Gasteiger partial charge in [-0.3, -0.25) is 4.79 Å². The Balaban J connectivity index is 1.69. The Morgan fingerprint density at radius 2 is 1.84 bits per heavy atom. The number of carbonyl (C=O) groups is 1. The molecule has 1 aromatic heterocycles. The third kappa shape index (κ3) is 4.08. The molecule has 0 radical (unpaired) electrons. The van der Waals surface area contributed by atoms with Gasteiger partial charge in [0, 0.05) is 5.56 Å². The molecule has 0 bridgehead atoms. The topological polar surface area (TPSA) is 99.5 Å². The second-order valence-corrected chi connectivity index (χ2v) is 9.92. The van der Waals surface area contributed by atoms with Crippen LogP contribution in [0.25, 0.3) is 5.69 Å². The van der Waals surface area contributed by atoms with Gasteiger partial charge >= 0.3 is 0 Å². The number of aryl methyl sites for hydroxylation is 1. The van der Waals surface area contributed by atoms with Gasteiger partial charge in [-0.2, -0.15) is 5.10 Å². The Labute approximate surface area is 187 Å². The number of rotatable bonds is 6. The van der Waals surface area contributed by atoms with Crippen molar-refractivity contribution < 1.29 is 22.7 Å². The zero-order valence-electron chi connectivity index (χ0n) is 18.4. The Morgan fingerprint density at radius 1 is 1.09 bits per heavy atom. The molecule has 0 saturated carbocycles. The predicted molar refractivity (Wildman–Crippen MR) is 121 cm³/mol. The number of amides is 1. The number of hydrogen-bond donors (Lipinski definition) is 1. The molecule has 8 nitrogen and oxygen atoms in total. The summed E-state index contributed by atoms with van der Waals surface area (Å²) in [5.74, 6) is 0.965. The van der Waals surface area contributed by atoms with E-state index >= 15 is 0 Å². The van der Waals surface area contributed by atoms with E-state index in [0.29, 0.717) is 28.6 Å². The molecule has 4 rings (SSSR count). The van der Waals surface area contributed by atoms with Crippen LogP contribution in [-0.2, 0) is 32.6 Å². The standard InChI is InChI=1S/C23H25N3O5S/c1-14-6-5-7-19(15(14)2)26-23(17-12-32(28,29)13-18(17)25-26)24-22(27)11-16-8-9-20(30-3)21(10-16)31-4/h5-10H,11-13H2,1-4H3,(H,24,27). The van der Waals surface area contributed by atoms with Gasteiger partial charge in [-0.25, -0.2) is 13.1 Å². The summed E-state index contributed by atoms with van der Waals surface area (Å²) in [4.78, 5) is 13.0. The molecule has 0 saturated heterocycles. The van der Waals surface area contributed by atoms with E-state index in [1.165, 1.54) is 7.11 Å². The van der Waals surface area contributed by atoms with Crippen molar-refractivity contribution in [2.45, 2.75) is 31.8 Å². The van der Waals surface area contributed by atoms with Gasteiger partial charge in [0.15, 0.2) is 21.3 Å². The van der Waals surface area contributed by atoms with Crippen LogP contribution in [0.15, 0.2) is 36.4 Å². The summed E-state index contributed by atoms with van der Waals surface area (Å²) in [6, 6.07) is 11.1. The van der Waals surface area contributed by atoms with Gasteiger partial charge in [0.25, 0.3) is 0 Å². The molecule has 1 N–H and O–H groups in total. The number of methoxy groups -OCH3 is 2. The van der Waals surface area contributed by atoms with Crippen molar-refractivity contribution in [2.75, 3.05) is 19.5 Å². The second-order valence-electron chi connectivity index (χ2n) is 7.85. The van der Waals surface area contributed by atoms with Gasteiger partial charge in [0.1, 0.15) is 5.82 Å². The Hall–Kier alpha value is -3.33. The zero-order chi connectivity index (χ0) is 23.0. The monoisotopic (exact) mass is 455 g/mol. The molecule has 1 aliphatic heterocycles. The smallest absolute Gasteiger partial charge is 0.229 e. The Morgan fingerprint density at radius 3 is 2.56 bits per heavy atom. The van der Waals surface area contributed by atoms with Crippen LogP contribution < -0.4 is 14.8 Å². The third-order valence-corrected chi connectivity index (χ3v) is 7.10. The van der Waals surface area contributed by atoms with E-state index in [2.05, 4.69) is 10.4 Å². The fourth-order valence-corrected chi connectivity index (χ4v) is 5.36. The highest BCUT2D eigenvalue weighted by Crippen LogP contribution is 2.34. The minimum atomic E-state index is -3.27. The summed E-state index contributed by atoms with van der Waals surface area (Å²) < 4.78 is 36.6. The van der Waals surface area contributed by atoms with Crippen LogP contribution in [0.1, 0.15) is 27.9 Å². The van der Waals surface area contributed by atoms with Crippen molar-refractivity contribution in [3.63, 3.8) is 0 Å². The molecule has 2 heterocycles. The van der Waals surface area contributed by atoms with Crippen molar-refractivity contribution in [1.29, 1.82) is 0 Å². The van der Waals surface area contributed by atoms with Crippen LogP contribution in [0.5, 0.6) is 11.5 Å². The maximum Gasteiger partial charge on any atom is 0.229 e. The van der Waals surface area contributed by atoms with E-state index in [9.17, 15) is 13.2 Å².